The Morgan fingerprint density at radius 1 is 0.966 bits per heavy atom. The zero-order chi connectivity index (χ0) is 21.3. The summed E-state index contributed by atoms with van der Waals surface area (Å²) in [6.07, 6.45) is 15.6. The van der Waals surface area contributed by atoms with Gasteiger partial charge in [0.15, 0.2) is 5.76 Å². The fourth-order valence-corrected chi connectivity index (χ4v) is 3.31. The van der Waals surface area contributed by atoms with Crippen molar-refractivity contribution in [1.29, 1.82) is 0 Å². The Bertz CT molecular complexity index is 543. The highest BCUT2D eigenvalue weighted by Crippen LogP contribution is 2.11. The molecule has 0 aliphatic carbocycles. The van der Waals surface area contributed by atoms with Crippen molar-refractivity contribution in [3.05, 3.63) is 24.2 Å². The molecule has 29 heavy (non-hydrogen) atoms. The van der Waals surface area contributed by atoms with Crippen LogP contribution in [0.2, 0.25) is 0 Å². The molecule has 2 amide bonds. The van der Waals surface area contributed by atoms with Gasteiger partial charge in [-0.25, -0.2) is 0 Å². The molecule has 6 nitrogen and oxygen atoms in total. The summed E-state index contributed by atoms with van der Waals surface area (Å²) < 4.78 is 5.01. The molecule has 0 saturated heterocycles. The predicted molar refractivity (Wildman–Crippen MR) is 116 cm³/mol. The number of carbonyl (C=O) groups excluding carboxylic acids is 2. The second-order valence-electron chi connectivity index (χ2n) is 7.85. The van der Waals surface area contributed by atoms with Crippen molar-refractivity contribution in [3.8, 4) is 0 Å². The number of furan rings is 1. The number of unbranched alkanes of at least 4 members (excludes halogenated alkanes) is 11. The van der Waals surface area contributed by atoms with Crippen molar-refractivity contribution in [1.82, 2.24) is 10.6 Å². The molecule has 1 aromatic heterocycles. The Labute approximate surface area is 175 Å². The molecule has 166 valence electrons. The van der Waals surface area contributed by atoms with Gasteiger partial charge in [-0.05, 0) is 25.5 Å². The highest BCUT2D eigenvalue weighted by atomic mass is 16.3. The Hall–Kier alpha value is -1.82. The molecule has 0 aromatic carbocycles. The van der Waals surface area contributed by atoms with Crippen molar-refractivity contribution in [2.45, 2.75) is 103 Å². The van der Waals surface area contributed by atoms with Gasteiger partial charge in [0.1, 0.15) is 6.04 Å². The van der Waals surface area contributed by atoms with E-state index in [4.69, 9.17) is 4.42 Å². The summed E-state index contributed by atoms with van der Waals surface area (Å²) in [4.78, 5) is 24.3. The van der Waals surface area contributed by atoms with E-state index in [1.54, 1.807) is 6.07 Å². The SMILES string of the molecule is CCCCCCCCCCCCCCNC(=O)[C@@H](NC(=O)c1ccco1)[C@@H](C)O. The number of aliphatic hydroxyl groups excluding tert-OH is 1. The van der Waals surface area contributed by atoms with Crippen LogP contribution in [0.5, 0.6) is 0 Å². The summed E-state index contributed by atoms with van der Waals surface area (Å²) >= 11 is 0. The van der Waals surface area contributed by atoms with Gasteiger partial charge in [-0.3, -0.25) is 9.59 Å². The fraction of sp³-hybridized carbons (Fsp3) is 0.739. The van der Waals surface area contributed by atoms with Gasteiger partial charge >= 0.3 is 0 Å². The van der Waals surface area contributed by atoms with E-state index in [0.717, 1.165) is 12.8 Å². The van der Waals surface area contributed by atoms with Crippen LogP contribution in [0.15, 0.2) is 22.8 Å². The number of nitrogens with one attached hydrogen (secondary N) is 2. The highest BCUT2D eigenvalue weighted by Gasteiger charge is 2.26. The lowest BCUT2D eigenvalue weighted by Crippen LogP contribution is -2.52. The molecule has 0 bridgehead atoms. The van der Waals surface area contributed by atoms with Crippen LogP contribution < -0.4 is 10.6 Å². The Balaban J connectivity index is 2.06. The zero-order valence-electron chi connectivity index (χ0n) is 18.3. The minimum absolute atomic E-state index is 0.115. The molecule has 3 N–H and O–H groups in total. The maximum absolute atomic E-state index is 12.3. The van der Waals surface area contributed by atoms with E-state index in [1.165, 1.54) is 83.5 Å². The summed E-state index contributed by atoms with van der Waals surface area (Å²) in [5, 5.41) is 15.2. The Morgan fingerprint density at radius 3 is 2.00 bits per heavy atom. The van der Waals surface area contributed by atoms with Gasteiger partial charge in [-0.1, -0.05) is 77.6 Å². The molecular weight excluding hydrogens is 368 g/mol. The lowest BCUT2D eigenvalue weighted by Gasteiger charge is -2.20. The first kappa shape index (κ1) is 25.2. The number of aliphatic hydroxyl groups is 1. The van der Waals surface area contributed by atoms with Crippen LogP contribution in [-0.4, -0.2) is 35.6 Å². The summed E-state index contributed by atoms with van der Waals surface area (Å²) in [7, 11) is 0. The van der Waals surface area contributed by atoms with Crippen LogP contribution in [0, 0.1) is 0 Å². The van der Waals surface area contributed by atoms with E-state index < -0.39 is 18.1 Å². The second kappa shape index (κ2) is 16.0. The summed E-state index contributed by atoms with van der Waals surface area (Å²) in [5.41, 5.74) is 0. The quantitative estimate of drug-likeness (QED) is 0.329. The predicted octanol–water partition coefficient (Wildman–Crippen LogP) is 4.58. The molecular formula is C23H40N2O4. The van der Waals surface area contributed by atoms with Crippen LogP contribution in [0.1, 0.15) is 101 Å². The number of hydrogen-bond acceptors (Lipinski definition) is 4. The first-order valence-electron chi connectivity index (χ1n) is 11.4. The van der Waals surface area contributed by atoms with Gasteiger partial charge < -0.3 is 20.2 Å². The molecule has 1 aromatic rings. The van der Waals surface area contributed by atoms with E-state index in [1.807, 2.05) is 0 Å². The van der Waals surface area contributed by atoms with Gasteiger partial charge in [0.2, 0.25) is 5.91 Å². The van der Waals surface area contributed by atoms with Gasteiger partial charge in [-0.15, -0.1) is 0 Å². The van der Waals surface area contributed by atoms with Crippen molar-refractivity contribution in [2.24, 2.45) is 0 Å². The first-order chi connectivity index (χ1) is 14.1. The number of amides is 2. The minimum Gasteiger partial charge on any atom is -0.459 e. The monoisotopic (exact) mass is 408 g/mol. The van der Waals surface area contributed by atoms with Crippen LogP contribution in [0.25, 0.3) is 0 Å². The van der Waals surface area contributed by atoms with E-state index in [0.29, 0.717) is 6.54 Å². The second-order valence-corrected chi connectivity index (χ2v) is 7.85. The lowest BCUT2D eigenvalue weighted by molar-refractivity contribution is -0.125. The molecule has 0 aliphatic heterocycles. The number of hydrogen-bond donors (Lipinski definition) is 3. The average Bonchev–Trinajstić information content (AvgIpc) is 3.24. The van der Waals surface area contributed by atoms with Crippen LogP contribution in [0.4, 0.5) is 0 Å². The normalized spacial score (nSPS) is 13.1. The van der Waals surface area contributed by atoms with E-state index in [2.05, 4.69) is 17.6 Å². The van der Waals surface area contributed by atoms with E-state index in [9.17, 15) is 14.7 Å². The van der Waals surface area contributed by atoms with Crippen LogP contribution in [-0.2, 0) is 4.79 Å². The molecule has 2 atom stereocenters. The molecule has 0 radical (unpaired) electrons. The Kier molecular flexibility index (Phi) is 13.9. The van der Waals surface area contributed by atoms with Crippen LogP contribution in [0.3, 0.4) is 0 Å². The minimum atomic E-state index is -0.995. The molecule has 1 heterocycles. The largest absolute Gasteiger partial charge is 0.459 e. The Morgan fingerprint density at radius 2 is 1.52 bits per heavy atom. The maximum Gasteiger partial charge on any atom is 0.287 e. The highest BCUT2D eigenvalue weighted by molar-refractivity contribution is 5.95. The van der Waals surface area contributed by atoms with Crippen molar-refractivity contribution in [3.63, 3.8) is 0 Å². The van der Waals surface area contributed by atoms with Gasteiger partial charge in [0, 0.05) is 6.54 Å². The summed E-state index contributed by atoms with van der Waals surface area (Å²) in [5.74, 6) is -0.770. The lowest BCUT2D eigenvalue weighted by atomic mass is 10.1. The molecule has 1 rings (SSSR count). The van der Waals surface area contributed by atoms with Crippen molar-refractivity contribution < 1.29 is 19.1 Å². The van der Waals surface area contributed by atoms with E-state index in [-0.39, 0.29) is 11.7 Å². The van der Waals surface area contributed by atoms with Crippen molar-refractivity contribution in [2.75, 3.05) is 6.54 Å². The molecule has 6 heteroatoms. The third-order valence-corrected chi connectivity index (χ3v) is 5.13. The molecule has 0 fully saturated rings. The van der Waals surface area contributed by atoms with Gasteiger partial charge in [0.25, 0.3) is 5.91 Å². The smallest absolute Gasteiger partial charge is 0.287 e. The fourth-order valence-electron chi connectivity index (χ4n) is 3.31. The third-order valence-electron chi connectivity index (χ3n) is 5.13. The number of rotatable bonds is 17. The standard InChI is InChI=1S/C23H40N2O4/c1-3-4-5-6-7-8-9-10-11-12-13-14-17-24-23(28)21(19(2)26)25-22(27)20-16-15-18-29-20/h15-16,18-19,21,26H,3-14,17H2,1-2H3,(H,24,28)(H,25,27)/t19-,21+/m1/s1. The number of carbonyl (C=O) groups is 2. The molecule has 0 saturated carbocycles. The van der Waals surface area contributed by atoms with Crippen molar-refractivity contribution >= 4 is 11.8 Å². The van der Waals surface area contributed by atoms with Gasteiger partial charge in [-0.2, -0.15) is 0 Å². The molecule has 0 unspecified atom stereocenters. The molecule has 0 spiro atoms. The average molecular weight is 409 g/mol. The third kappa shape index (κ3) is 11.7. The first-order valence-corrected chi connectivity index (χ1v) is 11.4. The topological polar surface area (TPSA) is 91.6 Å². The van der Waals surface area contributed by atoms with Gasteiger partial charge in [0.05, 0.1) is 12.4 Å². The molecule has 0 aliphatic rings. The summed E-state index contributed by atoms with van der Waals surface area (Å²) in [6.45, 7) is 4.28. The summed E-state index contributed by atoms with van der Waals surface area (Å²) in [6, 6.07) is 2.11. The zero-order valence-corrected chi connectivity index (χ0v) is 18.3. The van der Waals surface area contributed by atoms with Crippen LogP contribution >= 0.6 is 0 Å². The van der Waals surface area contributed by atoms with E-state index >= 15 is 0 Å². The maximum atomic E-state index is 12.3.